The average Bonchev–Trinajstić information content (AvgIpc) is 3.64. The van der Waals surface area contributed by atoms with Gasteiger partial charge in [0.1, 0.15) is 18.2 Å². The van der Waals surface area contributed by atoms with Gasteiger partial charge in [-0.15, -0.1) is 0 Å². The fourth-order valence-electron chi connectivity index (χ4n) is 7.06. The van der Waals surface area contributed by atoms with Crippen molar-refractivity contribution in [2.75, 3.05) is 26.2 Å². The Balaban J connectivity index is 1.16. The van der Waals surface area contributed by atoms with Crippen LogP contribution in [0.25, 0.3) is 10.4 Å². The lowest BCUT2D eigenvalue weighted by Crippen LogP contribution is -2.62. The number of fused-ring (bicyclic) bond motifs is 1. The Morgan fingerprint density at radius 1 is 1.05 bits per heavy atom. The van der Waals surface area contributed by atoms with E-state index in [2.05, 4.69) is 32.4 Å². The van der Waals surface area contributed by atoms with Gasteiger partial charge in [-0.2, -0.15) is 0 Å². The van der Waals surface area contributed by atoms with E-state index in [4.69, 9.17) is 10.3 Å². The maximum atomic E-state index is 14.0. The first-order chi connectivity index (χ1) is 18.5. The summed E-state index contributed by atoms with van der Waals surface area (Å²) in [6.07, 6.45) is 8.03. The van der Waals surface area contributed by atoms with Gasteiger partial charge in [0.15, 0.2) is 5.78 Å². The van der Waals surface area contributed by atoms with E-state index in [9.17, 15) is 14.4 Å². The highest BCUT2D eigenvalue weighted by atomic mass is 16.5. The predicted octanol–water partition coefficient (Wildman–Crippen LogP) is 3.32. The fourth-order valence-corrected chi connectivity index (χ4v) is 7.06. The molecule has 3 heterocycles. The highest BCUT2D eigenvalue weighted by molar-refractivity contribution is 6.01. The Morgan fingerprint density at radius 2 is 1.76 bits per heavy atom. The highest BCUT2D eigenvalue weighted by Crippen LogP contribution is 2.37. The van der Waals surface area contributed by atoms with Crippen molar-refractivity contribution in [3.8, 4) is 0 Å². The van der Waals surface area contributed by atoms with Crippen molar-refractivity contribution in [2.24, 2.45) is 5.11 Å². The molecule has 2 saturated carbocycles. The molecule has 3 saturated heterocycles. The molecule has 2 amide bonds. The molecule has 0 radical (unpaired) electrons. The fraction of sp³-hybridized carbons (Fsp3) is 0.679. The molecular weight excluding hydrogens is 484 g/mol. The number of Topliss-reactive ketones (excluding diaryl/α,β-unsaturated/α-hetero) is 1. The molecule has 0 spiro atoms. The first kappa shape index (κ1) is 25.3. The second kappa shape index (κ2) is 10.3. The van der Waals surface area contributed by atoms with Crippen LogP contribution in [0.15, 0.2) is 29.4 Å². The summed E-state index contributed by atoms with van der Waals surface area (Å²) in [5, 5.41) is 6.89. The van der Waals surface area contributed by atoms with Gasteiger partial charge < -0.3 is 19.9 Å². The van der Waals surface area contributed by atoms with Crippen LogP contribution in [0.1, 0.15) is 79.6 Å². The lowest BCUT2D eigenvalue weighted by Gasteiger charge is -2.40. The minimum Gasteiger partial charge on any atom is -0.367 e. The van der Waals surface area contributed by atoms with E-state index in [-0.39, 0.29) is 30.7 Å². The largest absolute Gasteiger partial charge is 0.367 e. The van der Waals surface area contributed by atoms with E-state index in [1.54, 1.807) is 0 Å². The second-order valence-electron chi connectivity index (χ2n) is 11.7. The van der Waals surface area contributed by atoms with Crippen molar-refractivity contribution in [3.05, 3.63) is 45.8 Å². The van der Waals surface area contributed by atoms with Gasteiger partial charge in [0, 0.05) is 23.1 Å². The number of carbonyl (C=O) groups excluding carboxylic acids is 3. The summed E-state index contributed by atoms with van der Waals surface area (Å²) in [7, 11) is 0. The minimum absolute atomic E-state index is 0.0954. The molecular formula is C28H36N6O4. The third-order valence-electron chi connectivity index (χ3n) is 9.33. The third-order valence-corrected chi connectivity index (χ3v) is 9.33. The molecule has 10 nitrogen and oxygen atoms in total. The number of azide groups is 1. The van der Waals surface area contributed by atoms with Crippen LogP contribution in [0.5, 0.6) is 0 Å². The summed E-state index contributed by atoms with van der Waals surface area (Å²) >= 11 is 0. The summed E-state index contributed by atoms with van der Waals surface area (Å²) in [6, 6.07) is 7.30. The summed E-state index contributed by atoms with van der Waals surface area (Å²) in [5.74, 6) is -0.206. The number of hydrogen-bond donors (Lipinski definition) is 1. The second-order valence-corrected chi connectivity index (χ2v) is 11.7. The quantitative estimate of drug-likeness (QED) is 0.350. The van der Waals surface area contributed by atoms with Crippen molar-refractivity contribution in [1.82, 2.24) is 15.1 Å². The monoisotopic (exact) mass is 520 g/mol. The zero-order valence-electron chi connectivity index (χ0n) is 21.8. The Kier molecular flexibility index (Phi) is 6.88. The van der Waals surface area contributed by atoms with E-state index in [1.807, 2.05) is 12.1 Å². The van der Waals surface area contributed by atoms with Gasteiger partial charge in [0.25, 0.3) is 5.91 Å². The smallest absolute Gasteiger partial charge is 0.252 e. The van der Waals surface area contributed by atoms with Gasteiger partial charge in [0.05, 0.1) is 12.1 Å². The van der Waals surface area contributed by atoms with Crippen LogP contribution in [0.2, 0.25) is 0 Å². The van der Waals surface area contributed by atoms with E-state index in [0.29, 0.717) is 24.3 Å². The Hall–Kier alpha value is -2.94. The molecule has 202 valence electrons. The van der Waals surface area contributed by atoms with Crippen molar-refractivity contribution in [1.29, 1.82) is 0 Å². The molecule has 2 aliphatic carbocycles. The van der Waals surface area contributed by atoms with Gasteiger partial charge in [-0.05, 0) is 80.8 Å². The van der Waals surface area contributed by atoms with E-state index < -0.39 is 23.7 Å². The Bertz CT molecular complexity index is 1130. The molecule has 5 aliphatic rings. The zero-order valence-corrected chi connectivity index (χ0v) is 21.8. The Labute approximate surface area is 222 Å². The molecule has 5 fully saturated rings. The van der Waals surface area contributed by atoms with Crippen LogP contribution in [0.4, 0.5) is 0 Å². The normalized spacial score (nSPS) is 29.5. The number of rotatable bonds is 6. The maximum Gasteiger partial charge on any atom is 0.252 e. The standard InChI is InChI=1S/C28H36N6O4/c29-32-31-22-16-34(24-23(35)17-38-25(22)24)27(37)28(12-2-1-3-13-28)30-26(36)20-6-4-18(5-7-20)19-10-14-33(15-11-19)21-8-9-21/h4-7,19,21-22,24-25H,1-3,8-17H2,(H,30,36)/t22-,24+,25+/m0/s1. The van der Waals surface area contributed by atoms with E-state index in [0.717, 1.165) is 51.2 Å². The minimum atomic E-state index is -1.08. The molecule has 10 heteroatoms. The maximum absolute atomic E-state index is 14.0. The number of piperidine rings is 1. The van der Waals surface area contributed by atoms with Crippen molar-refractivity contribution >= 4 is 17.6 Å². The summed E-state index contributed by atoms with van der Waals surface area (Å²) in [6.45, 7) is 2.32. The SMILES string of the molecule is [N-]=[N+]=N[C@H]1CN(C(=O)C2(NC(=O)c3ccc(C4CCN(C5CC5)CC4)cc3)CCCCC2)[C@@H]2C(=O)CO[C@H]12. The molecule has 3 atom stereocenters. The number of nitrogens with one attached hydrogen (secondary N) is 1. The van der Waals surface area contributed by atoms with Gasteiger partial charge in [0.2, 0.25) is 5.91 Å². The molecule has 38 heavy (non-hydrogen) atoms. The third kappa shape index (κ3) is 4.70. The number of amides is 2. The number of ketones is 1. The van der Waals surface area contributed by atoms with Gasteiger partial charge >= 0.3 is 0 Å². The Morgan fingerprint density at radius 3 is 2.42 bits per heavy atom. The van der Waals surface area contributed by atoms with Crippen molar-refractivity contribution < 1.29 is 19.1 Å². The first-order valence-electron chi connectivity index (χ1n) is 14.2. The molecule has 1 aromatic carbocycles. The number of benzene rings is 1. The summed E-state index contributed by atoms with van der Waals surface area (Å²) in [5.41, 5.74) is 9.70. The molecule has 6 rings (SSSR count). The van der Waals surface area contributed by atoms with Crippen LogP contribution in [0, 0.1) is 0 Å². The summed E-state index contributed by atoms with van der Waals surface area (Å²) in [4.78, 5) is 47.1. The number of nitrogens with zero attached hydrogens (tertiary/aromatic N) is 5. The summed E-state index contributed by atoms with van der Waals surface area (Å²) < 4.78 is 5.59. The van der Waals surface area contributed by atoms with Crippen LogP contribution in [-0.4, -0.2) is 83.4 Å². The van der Waals surface area contributed by atoms with Crippen LogP contribution < -0.4 is 5.32 Å². The lowest BCUT2D eigenvalue weighted by molar-refractivity contribution is -0.143. The van der Waals surface area contributed by atoms with Crippen LogP contribution >= 0.6 is 0 Å². The molecule has 0 unspecified atom stereocenters. The van der Waals surface area contributed by atoms with Gasteiger partial charge in [-0.25, -0.2) is 0 Å². The molecule has 1 aromatic rings. The van der Waals surface area contributed by atoms with E-state index >= 15 is 0 Å². The highest BCUT2D eigenvalue weighted by Gasteiger charge is 2.56. The number of likely N-dealkylation sites (tertiary alicyclic amines) is 2. The van der Waals surface area contributed by atoms with Crippen LogP contribution in [-0.2, 0) is 14.3 Å². The van der Waals surface area contributed by atoms with Crippen LogP contribution in [0.3, 0.4) is 0 Å². The van der Waals surface area contributed by atoms with Crippen molar-refractivity contribution in [3.63, 3.8) is 0 Å². The lowest BCUT2D eigenvalue weighted by atomic mass is 9.80. The number of ether oxygens (including phenoxy) is 1. The molecule has 1 N–H and O–H groups in total. The molecule has 0 aromatic heterocycles. The van der Waals surface area contributed by atoms with Gasteiger partial charge in [-0.1, -0.05) is 36.5 Å². The van der Waals surface area contributed by atoms with Crippen molar-refractivity contribution in [2.45, 2.75) is 93.5 Å². The van der Waals surface area contributed by atoms with Gasteiger partial charge in [-0.3, -0.25) is 14.4 Å². The number of hydrogen-bond acceptors (Lipinski definition) is 6. The topological polar surface area (TPSA) is 128 Å². The molecule has 3 aliphatic heterocycles. The first-order valence-corrected chi connectivity index (χ1v) is 14.2. The van der Waals surface area contributed by atoms with E-state index in [1.165, 1.54) is 23.3 Å². The zero-order chi connectivity index (χ0) is 26.3. The predicted molar refractivity (Wildman–Crippen MR) is 139 cm³/mol. The molecule has 0 bridgehead atoms. The average molecular weight is 521 g/mol. The number of carbonyl (C=O) groups is 3.